The van der Waals surface area contributed by atoms with Gasteiger partial charge < -0.3 is 4.90 Å². The molecule has 1 heterocycles. The summed E-state index contributed by atoms with van der Waals surface area (Å²) in [5, 5.41) is 0. The Kier molecular flexibility index (Phi) is 6.62. The number of halogens is 1. The van der Waals surface area contributed by atoms with Crippen LogP contribution in [0.25, 0.3) is 0 Å². The second-order valence-corrected chi connectivity index (χ2v) is 9.88. The van der Waals surface area contributed by atoms with Crippen LogP contribution < -0.4 is 0 Å². The van der Waals surface area contributed by atoms with Crippen molar-refractivity contribution in [1.29, 1.82) is 0 Å². The largest absolute Gasteiger partial charge is 0.340 e. The first-order valence-electron chi connectivity index (χ1n) is 10.2. The molecule has 1 amide bonds. The second kappa shape index (κ2) is 8.86. The third-order valence-electron chi connectivity index (χ3n) is 6.00. The summed E-state index contributed by atoms with van der Waals surface area (Å²) in [6.45, 7) is 8.84. The maximum atomic E-state index is 13.3. The van der Waals surface area contributed by atoms with Crippen LogP contribution in [0.4, 0.5) is 4.39 Å². The predicted molar refractivity (Wildman–Crippen MR) is 115 cm³/mol. The molecule has 1 aliphatic heterocycles. The number of aryl methyl sites for hydroxylation is 3. The van der Waals surface area contributed by atoms with E-state index in [0.717, 1.165) is 27.8 Å². The number of carbonyl (C=O) groups excluding carboxylic acids is 1. The highest BCUT2D eigenvalue weighted by Gasteiger charge is 2.32. The van der Waals surface area contributed by atoms with Crippen molar-refractivity contribution < 1.29 is 17.6 Å². The van der Waals surface area contributed by atoms with Crippen LogP contribution in [0, 0.1) is 33.5 Å². The molecule has 0 bridgehead atoms. The van der Waals surface area contributed by atoms with Crippen molar-refractivity contribution in [2.75, 3.05) is 26.2 Å². The van der Waals surface area contributed by atoms with Crippen LogP contribution in [0.15, 0.2) is 35.2 Å². The zero-order valence-corrected chi connectivity index (χ0v) is 18.9. The van der Waals surface area contributed by atoms with E-state index in [1.54, 1.807) is 17.0 Å². The van der Waals surface area contributed by atoms with E-state index < -0.39 is 10.0 Å². The van der Waals surface area contributed by atoms with E-state index in [1.165, 1.54) is 16.4 Å². The highest BCUT2D eigenvalue weighted by atomic mass is 32.2. The molecule has 0 atom stereocenters. The Hall–Kier alpha value is -2.25. The van der Waals surface area contributed by atoms with Gasteiger partial charge >= 0.3 is 0 Å². The zero-order chi connectivity index (χ0) is 22.1. The molecule has 0 radical (unpaired) electrons. The molecule has 1 saturated heterocycles. The molecule has 3 rings (SSSR count). The van der Waals surface area contributed by atoms with Gasteiger partial charge in [-0.25, -0.2) is 12.8 Å². The number of hydrogen-bond donors (Lipinski definition) is 0. The average Bonchev–Trinajstić information content (AvgIpc) is 2.71. The topological polar surface area (TPSA) is 57.7 Å². The molecule has 1 fully saturated rings. The third kappa shape index (κ3) is 4.57. The Labute approximate surface area is 178 Å². The molecule has 162 valence electrons. The van der Waals surface area contributed by atoms with Crippen molar-refractivity contribution in [2.24, 2.45) is 0 Å². The summed E-state index contributed by atoms with van der Waals surface area (Å²) >= 11 is 0. The van der Waals surface area contributed by atoms with Gasteiger partial charge in [0.15, 0.2) is 0 Å². The average molecular weight is 433 g/mol. The molecular weight excluding hydrogens is 403 g/mol. The highest BCUT2D eigenvalue weighted by Crippen LogP contribution is 2.29. The normalized spacial score (nSPS) is 15.4. The molecule has 5 nitrogen and oxygen atoms in total. The van der Waals surface area contributed by atoms with Gasteiger partial charge in [-0.05, 0) is 74.1 Å². The van der Waals surface area contributed by atoms with E-state index in [-0.39, 0.29) is 31.2 Å². The first kappa shape index (κ1) is 22.4. The van der Waals surface area contributed by atoms with Gasteiger partial charge in [0.1, 0.15) is 5.82 Å². The summed E-state index contributed by atoms with van der Waals surface area (Å²) in [5.74, 6) is -0.342. The van der Waals surface area contributed by atoms with Gasteiger partial charge in [-0.2, -0.15) is 4.31 Å². The van der Waals surface area contributed by atoms with Crippen molar-refractivity contribution in [3.05, 3.63) is 64.0 Å². The van der Waals surface area contributed by atoms with Crippen LogP contribution in [0.3, 0.4) is 0 Å². The van der Waals surface area contributed by atoms with Crippen LogP contribution in [-0.4, -0.2) is 49.7 Å². The molecular formula is C23H29FN2O3S. The van der Waals surface area contributed by atoms with E-state index in [0.29, 0.717) is 24.4 Å². The van der Waals surface area contributed by atoms with E-state index in [2.05, 4.69) is 0 Å². The molecule has 0 unspecified atom stereocenters. The fourth-order valence-electron chi connectivity index (χ4n) is 3.98. The number of hydrogen-bond acceptors (Lipinski definition) is 3. The maximum absolute atomic E-state index is 13.3. The number of sulfonamides is 1. The molecule has 0 N–H and O–H groups in total. The number of carbonyl (C=O) groups is 1. The summed E-state index contributed by atoms with van der Waals surface area (Å²) in [6.07, 6.45) is 0.752. The van der Waals surface area contributed by atoms with Crippen molar-refractivity contribution in [1.82, 2.24) is 9.21 Å². The Morgan fingerprint density at radius 3 is 2.13 bits per heavy atom. The fraction of sp³-hybridized carbons (Fsp3) is 0.435. The predicted octanol–water partition coefficient (Wildman–Crippen LogP) is 3.53. The van der Waals surface area contributed by atoms with Gasteiger partial charge in [0.2, 0.25) is 15.9 Å². The Morgan fingerprint density at radius 2 is 1.57 bits per heavy atom. The van der Waals surface area contributed by atoms with Crippen molar-refractivity contribution in [2.45, 2.75) is 45.4 Å². The molecule has 0 spiro atoms. The third-order valence-corrected chi connectivity index (χ3v) is 8.18. The Balaban J connectivity index is 1.66. The molecule has 2 aromatic rings. The van der Waals surface area contributed by atoms with E-state index in [1.807, 2.05) is 33.8 Å². The van der Waals surface area contributed by atoms with Gasteiger partial charge in [-0.15, -0.1) is 0 Å². The molecule has 30 heavy (non-hydrogen) atoms. The van der Waals surface area contributed by atoms with Crippen LogP contribution in [-0.2, 0) is 21.2 Å². The first-order valence-corrected chi connectivity index (χ1v) is 11.6. The lowest BCUT2D eigenvalue weighted by molar-refractivity contribution is -0.132. The van der Waals surface area contributed by atoms with Gasteiger partial charge in [-0.3, -0.25) is 4.79 Å². The number of rotatable bonds is 5. The minimum Gasteiger partial charge on any atom is -0.340 e. The number of amides is 1. The quantitative estimate of drug-likeness (QED) is 0.726. The minimum absolute atomic E-state index is 0.0323. The number of nitrogens with zero attached hydrogens (tertiary/aromatic N) is 2. The van der Waals surface area contributed by atoms with E-state index >= 15 is 0 Å². The lowest BCUT2D eigenvalue weighted by Crippen LogP contribution is -2.50. The Morgan fingerprint density at radius 1 is 0.967 bits per heavy atom. The molecule has 0 saturated carbocycles. The summed E-state index contributed by atoms with van der Waals surface area (Å²) in [5.41, 5.74) is 4.27. The molecule has 2 aromatic carbocycles. The van der Waals surface area contributed by atoms with Gasteiger partial charge in [0, 0.05) is 32.6 Å². The minimum atomic E-state index is -3.62. The van der Waals surface area contributed by atoms with Crippen LogP contribution in [0.1, 0.15) is 34.2 Å². The van der Waals surface area contributed by atoms with Crippen LogP contribution in [0.5, 0.6) is 0 Å². The SMILES string of the molecule is Cc1cc(C)c(C)c(S(=O)(=O)N2CCN(C(=O)CCc3cccc(F)c3)CC2)c1C. The summed E-state index contributed by atoms with van der Waals surface area (Å²) in [7, 11) is -3.62. The van der Waals surface area contributed by atoms with Crippen molar-refractivity contribution >= 4 is 15.9 Å². The second-order valence-electron chi connectivity index (χ2n) is 8.00. The van der Waals surface area contributed by atoms with Crippen LogP contribution in [0.2, 0.25) is 0 Å². The van der Waals surface area contributed by atoms with Crippen molar-refractivity contribution in [3.63, 3.8) is 0 Å². The molecule has 0 aromatic heterocycles. The molecule has 7 heteroatoms. The lowest BCUT2D eigenvalue weighted by Gasteiger charge is -2.35. The smallest absolute Gasteiger partial charge is 0.243 e. The maximum Gasteiger partial charge on any atom is 0.243 e. The summed E-state index contributed by atoms with van der Waals surface area (Å²) in [6, 6.07) is 8.26. The number of piperazine rings is 1. The zero-order valence-electron chi connectivity index (χ0n) is 18.0. The standard InChI is InChI=1S/C23H29FN2O3S/c1-16-14-17(2)19(4)23(18(16)3)30(28,29)26-12-10-25(11-13-26)22(27)9-8-20-6-5-7-21(24)15-20/h5-7,14-15H,8-13H2,1-4H3. The molecule has 0 aliphatic carbocycles. The van der Waals surface area contributed by atoms with Crippen molar-refractivity contribution in [3.8, 4) is 0 Å². The fourth-order valence-corrected chi connectivity index (χ4v) is 5.97. The molecule has 1 aliphatic rings. The summed E-state index contributed by atoms with van der Waals surface area (Å²) in [4.78, 5) is 14.6. The number of benzene rings is 2. The van der Waals surface area contributed by atoms with E-state index in [9.17, 15) is 17.6 Å². The first-order chi connectivity index (χ1) is 14.1. The lowest BCUT2D eigenvalue weighted by atomic mass is 10.0. The van der Waals surface area contributed by atoms with Gasteiger partial charge in [0.05, 0.1) is 4.90 Å². The van der Waals surface area contributed by atoms with E-state index in [4.69, 9.17) is 0 Å². The van der Waals surface area contributed by atoms with Gasteiger partial charge in [0.25, 0.3) is 0 Å². The Bertz CT molecular complexity index is 1030. The van der Waals surface area contributed by atoms with Crippen LogP contribution >= 0.6 is 0 Å². The monoisotopic (exact) mass is 432 g/mol. The summed E-state index contributed by atoms with van der Waals surface area (Å²) < 4.78 is 41.5. The highest BCUT2D eigenvalue weighted by molar-refractivity contribution is 7.89. The van der Waals surface area contributed by atoms with Gasteiger partial charge in [-0.1, -0.05) is 18.2 Å².